The van der Waals surface area contributed by atoms with E-state index in [2.05, 4.69) is 10.3 Å². The van der Waals surface area contributed by atoms with Gasteiger partial charge in [0.2, 0.25) is 5.91 Å². The molecule has 1 heterocycles. The van der Waals surface area contributed by atoms with Crippen molar-refractivity contribution in [3.8, 4) is 0 Å². The van der Waals surface area contributed by atoms with Gasteiger partial charge in [-0.3, -0.25) is 9.78 Å². The van der Waals surface area contributed by atoms with E-state index in [0.717, 1.165) is 12.1 Å². The van der Waals surface area contributed by atoms with Crippen LogP contribution in [0.1, 0.15) is 38.2 Å². The number of carbonyl (C=O) groups excluding carboxylic acids is 1. The summed E-state index contributed by atoms with van der Waals surface area (Å²) in [6.45, 7) is 3.90. The molecule has 1 saturated carbocycles. The lowest BCUT2D eigenvalue weighted by Crippen LogP contribution is -2.40. The van der Waals surface area contributed by atoms with Gasteiger partial charge < -0.3 is 10.2 Å². The van der Waals surface area contributed by atoms with Crippen molar-refractivity contribution in [1.82, 2.24) is 15.2 Å². The van der Waals surface area contributed by atoms with Crippen LogP contribution in [0.25, 0.3) is 0 Å². The number of hydrogen-bond donors (Lipinski definition) is 1. The van der Waals surface area contributed by atoms with Crippen LogP contribution in [0.5, 0.6) is 0 Å². The monoisotopic (exact) mass is 261 g/mol. The topological polar surface area (TPSA) is 45.2 Å². The van der Waals surface area contributed by atoms with E-state index in [0.29, 0.717) is 19.1 Å². The summed E-state index contributed by atoms with van der Waals surface area (Å²) in [5.41, 5.74) is 1.13. The summed E-state index contributed by atoms with van der Waals surface area (Å²) in [5.74, 6) is 0.186. The molecule has 4 nitrogen and oxygen atoms in total. The number of amides is 1. The van der Waals surface area contributed by atoms with Crippen LogP contribution >= 0.6 is 0 Å². The molecule has 0 unspecified atom stereocenters. The van der Waals surface area contributed by atoms with E-state index < -0.39 is 0 Å². The predicted molar refractivity (Wildman–Crippen MR) is 75.6 cm³/mol. The fraction of sp³-hybridized carbons (Fsp3) is 0.600. The van der Waals surface area contributed by atoms with Gasteiger partial charge in [-0.1, -0.05) is 12.8 Å². The maximum atomic E-state index is 12.2. The van der Waals surface area contributed by atoms with Crippen molar-refractivity contribution in [2.75, 3.05) is 13.1 Å². The average molecular weight is 261 g/mol. The van der Waals surface area contributed by atoms with Crippen LogP contribution in [0, 0.1) is 0 Å². The van der Waals surface area contributed by atoms with Gasteiger partial charge in [0.25, 0.3) is 0 Å². The van der Waals surface area contributed by atoms with Crippen LogP contribution in [0.2, 0.25) is 0 Å². The molecule has 0 aliphatic heterocycles. The van der Waals surface area contributed by atoms with E-state index in [4.69, 9.17) is 0 Å². The third-order valence-corrected chi connectivity index (χ3v) is 3.75. The third-order valence-electron chi connectivity index (χ3n) is 3.75. The fourth-order valence-corrected chi connectivity index (χ4v) is 2.56. The highest BCUT2D eigenvalue weighted by atomic mass is 16.2. The third kappa shape index (κ3) is 4.31. The first-order valence-corrected chi connectivity index (χ1v) is 7.19. The van der Waals surface area contributed by atoms with Crippen LogP contribution in [0.3, 0.4) is 0 Å². The summed E-state index contributed by atoms with van der Waals surface area (Å²) in [4.78, 5) is 18.1. The fourth-order valence-electron chi connectivity index (χ4n) is 2.56. The van der Waals surface area contributed by atoms with Crippen molar-refractivity contribution in [3.05, 3.63) is 30.1 Å². The Balaban J connectivity index is 1.81. The minimum absolute atomic E-state index is 0.186. The van der Waals surface area contributed by atoms with Crippen LogP contribution in [0.15, 0.2) is 24.5 Å². The molecule has 0 atom stereocenters. The highest BCUT2D eigenvalue weighted by Crippen LogP contribution is 2.17. The number of nitrogens with one attached hydrogen (secondary N) is 1. The average Bonchev–Trinajstić information content (AvgIpc) is 2.96. The first-order chi connectivity index (χ1) is 9.29. The molecule has 19 heavy (non-hydrogen) atoms. The molecule has 0 bridgehead atoms. The molecule has 1 aromatic heterocycles. The molecule has 0 aromatic carbocycles. The molecular weight excluding hydrogens is 238 g/mol. The Morgan fingerprint density at radius 2 is 2.05 bits per heavy atom. The number of rotatable bonds is 6. The molecule has 104 valence electrons. The lowest BCUT2D eigenvalue weighted by Gasteiger charge is -2.22. The molecule has 1 N–H and O–H groups in total. The second-order valence-electron chi connectivity index (χ2n) is 5.13. The molecule has 0 saturated heterocycles. The van der Waals surface area contributed by atoms with Crippen molar-refractivity contribution in [1.29, 1.82) is 0 Å². The predicted octanol–water partition coefficient (Wildman–Crippen LogP) is 1.96. The van der Waals surface area contributed by atoms with Gasteiger partial charge in [-0.05, 0) is 37.5 Å². The van der Waals surface area contributed by atoms with Crippen LogP contribution in [0.4, 0.5) is 0 Å². The Kier molecular flexibility index (Phi) is 5.33. The minimum Gasteiger partial charge on any atom is -0.338 e. The van der Waals surface area contributed by atoms with Crippen LogP contribution < -0.4 is 5.32 Å². The van der Waals surface area contributed by atoms with E-state index in [1.807, 2.05) is 24.0 Å². The van der Waals surface area contributed by atoms with Crippen LogP contribution in [-0.4, -0.2) is 34.9 Å². The van der Waals surface area contributed by atoms with Crippen molar-refractivity contribution in [2.24, 2.45) is 0 Å². The first kappa shape index (κ1) is 14.0. The zero-order valence-corrected chi connectivity index (χ0v) is 11.6. The summed E-state index contributed by atoms with van der Waals surface area (Å²) >= 11 is 0. The number of pyridine rings is 1. The summed E-state index contributed by atoms with van der Waals surface area (Å²) in [7, 11) is 0. The van der Waals surface area contributed by atoms with Gasteiger partial charge in [0.05, 0.1) is 6.54 Å². The van der Waals surface area contributed by atoms with Gasteiger partial charge in [0.15, 0.2) is 0 Å². The van der Waals surface area contributed by atoms with Gasteiger partial charge in [0, 0.05) is 31.5 Å². The quantitative estimate of drug-likeness (QED) is 0.851. The molecule has 2 rings (SSSR count). The number of hydrogen-bond acceptors (Lipinski definition) is 3. The van der Waals surface area contributed by atoms with Crippen molar-refractivity contribution >= 4 is 5.91 Å². The summed E-state index contributed by atoms with van der Waals surface area (Å²) < 4.78 is 0. The zero-order chi connectivity index (χ0) is 13.5. The van der Waals surface area contributed by atoms with Gasteiger partial charge in [-0.15, -0.1) is 0 Å². The van der Waals surface area contributed by atoms with Crippen molar-refractivity contribution in [3.63, 3.8) is 0 Å². The molecular formula is C15H23N3O. The Morgan fingerprint density at radius 1 is 1.37 bits per heavy atom. The number of aromatic nitrogens is 1. The maximum absolute atomic E-state index is 12.2. The SMILES string of the molecule is CCN(Cc1ccncc1)C(=O)CNC1CCCC1. The van der Waals surface area contributed by atoms with Gasteiger partial charge in [0.1, 0.15) is 0 Å². The van der Waals surface area contributed by atoms with Gasteiger partial charge >= 0.3 is 0 Å². The largest absolute Gasteiger partial charge is 0.338 e. The second-order valence-corrected chi connectivity index (χ2v) is 5.13. The minimum atomic E-state index is 0.186. The number of carbonyl (C=O) groups is 1. The Hall–Kier alpha value is -1.42. The smallest absolute Gasteiger partial charge is 0.236 e. The number of likely N-dealkylation sites (N-methyl/N-ethyl adjacent to an activating group) is 1. The van der Waals surface area contributed by atoms with Gasteiger partial charge in [-0.2, -0.15) is 0 Å². The normalized spacial score (nSPS) is 15.6. The number of nitrogens with zero attached hydrogens (tertiary/aromatic N) is 2. The lowest BCUT2D eigenvalue weighted by molar-refractivity contribution is -0.130. The molecule has 0 radical (unpaired) electrons. The summed E-state index contributed by atoms with van der Waals surface area (Å²) in [6, 6.07) is 4.46. The molecule has 1 amide bonds. The Morgan fingerprint density at radius 3 is 2.68 bits per heavy atom. The molecule has 0 spiro atoms. The van der Waals surface area contributed by atoms with E-state index in [9.17, 15) is 4.79 Å². The standard InChI is InChI=1S/C15H23N3O/c1-2-18(12-13-7-9-16-10-8-13)15(19)11-17-14-5-3-4-6-14/h7-10,14,17H,2-6,11-12H2,1H3. The summed E-state index contributed by atoms with van der Waals surface area (Å²) in [5, 5.41) is 3.38. The molecule has 1 aliphatic rings. The molecule has 4 heteroatoms. The summed E-state index contributed by atoms with van der Waals surface area (Å²) in [6.07, 6.45) is 8.54. The molecule has 1 aromatic rings. The van der Waals surface area contributed by atoms with Crippen molar-refractivity contribution in [2.45, 2.75) is 45.2 Å². The van der Waals surface area contributed by atoms with E-state index in [1.165, 1.54) is 25.7 Å². The van der Waals surface area contributed by atoms with Gasteiger partial charge in [-0.25, -0.2) is 0 Å². The van der Waals surface area contributed by atoms with E-state index in [-0.39, 0.29) is 5.91 Å². The molecule has 1 fully saturated rings. The van der Waals surface area contributed by atoms with E-state index in [1.54, 1.807) is 12.4 Å². The first-order valence-electron chi connectivity index (χ1n) is 7.19. The highest BCUT2D eigenvalue weighted by Gasteiger charge is 2.17. The Labute approximate surface area is 115 Å². The van der Waals surface area contributed by atoms with Crippen LogP contribution in [-0.2, 0) is 11.3 Å². The lowest BCUT2D eigenvalue weighted by atomic mass is 10.2. The Bertz CT molecular complexity index is 388. The molecule has 1 aliphatic carbocycles. The second kappa shape index (κ2) is 7.24. The maximum Gasteiger partial charge on any atom is 0.236 e. The highest BCUT2D eigenvalue weighted by molar-refractivity contribution is 5.78. The zero-order valence-electron chi connectivity index (χ0n) is 11.6. The van der Waals surface area contributed by atoms with Crippen molar-refractivity contribution < 1.29 is 4.79 Å². The van der Waals surface area contributed by atoms with E-state index >= 15 is 0 Å².